The van der Waals surface area contributed by atoms with Gasteiger partial charge in [-0.05, 0) is 36.8 Å². The zero-order valence-electron chi connectivity index (χ0n) is 16.2. The number of ether oxygens (including phenoxy) is 1. The van der Waals surface area contributed by atoms with Gasteiger partial charge in [0.2, 0.25) is 15.9 Å². The molecule has 8 heteroatoms. The molecule has 0 spiro atoms. The zero-order valence-corrected chi connectivity index (χ0v) is 17.1. The molecule has 0 fully saturated rings. The lowest BCUT2D eigenvalue weighted by molar-refractivity contribution is -0.116. The molecular weight excluding hydrogens is 383 g/mol. The van der Waals surface area contributed by atoms with Crippen LogP contribution in [0.15, 0.2) is 47.4 Å². The molecule has 0 radical (unpaired) electrons. The number of amides is 1. The Kier molecular flexibility index (Phi) is 7.53. The highest BCUT2D eigenvalue weighted by atomic mass is 32.2. The molecule has 0 atom stereocenters. The Morgan fingerprint density at radius 1 is 1.14 bits per heavy atom. The predicted molar refractivity (Wildman–Crippen MR) is 106 cm³/mol. The molecule has 0 saturated heterocycles. The number of nitrogens with one attached hydrogen (secondary N) is 1. The zero-order chi connectivity index (χ0) is 20.7. The van der Waals surface area contributed by atoms with Crippen molar-refractivity contribution in [2.45, 2.75) is 32.1 Å². The lowest BCUT2D eigenvalue weighted by Crippen LogP contribution is -2.31. The fourth-order valence-corrected chi connectivity index (χ4v) is 4.41. The summed E-state index contributed by atoms with van der Waals surface area (Å²) in [7, 11) is -3.63. The molecule has 2 rings (SSSR count). The van der Waals surface area contributed by atoms with E-state index in [-0.39, 0.29) is 23.8 Å². The van der Waals surface area contributed by atoms with Crippen LogP contribution in [0.2, 0.25) is 0 Å². The summed E-state index contributed by atoms with van der Waals surface area (Å²) in [5, 5.41) is 2.68. The van der Waals surface area contributed by atoms with Gasteiger partial charge in [0.15, 0.2) is 0 Å². The Bertz CT molecular complexity index is 928. The molecule has 0 heterocycles. The van der Waals surface area contributed by atoms with Gasteiger partial charge in [-0.1, -0.05) is 26.0 Å². The van der Waals surface area contributed by atoms with Crippen LogP contribution in [0.1, 0.15) is 25.8 Å². The standard InChI is InChI=1S/C20H25FN2O4S/c1-4-23(5-2)28(25,26)19-14-17(10-9-15(19)3)22-20(24)11-12-27-18-8-6-7-16(21)13-18/h6-10,13-14H,4-5,11-12H2,1-3H3,(H,22,24). The van der Waals surface area contributed by atoms with Crippen LogP contribution in [0, 0.1) is 12.7 Å². The number of anilines is 1. The molecule has 1 amide bonds. The van der Waals surface area contributed by atoms with E-state index in [0.29, 0.717) is 30.1 Å². The van der Waals surface area contributed by atoms with Crippen molar-refractivity contribution in [3.05, 3.63) is 53.8 Å². The Morgan fingerprint density at radius 3 is 2.50 bits per heavy atom. The average Bonchev–Trinajstić information content (AvgIpc) is 2.64. The highest BCUT2D eigenvalue weighted by molar-refractivity contribution is 7.89. The van der Waals surface area contributed by atoms with Gasteiger partial charge in [0.25, 0.3) is 0 Å². The Hall–Kier alpha value is -2.45. The first-order valence-corrected chi connectivity index (χ1v) is 10.5. The predicted octanol–water partition coefficient (Wildman–Crippen LogP) is 3.57. The number of rotatable bonds is 9. The molecule has 0 aromatic heterocycles. The van der Waals surface area contributed by atoms with E-state index in [1.54, 1.807) is 39.0 Å². The molecule has 0 aliphatic carbocycles. The number of carbonyl (C=O) groups is 1. The normalized spacial score (nSPS) is 11.5. The number of sulfonamides is 1. The maximum absolute atomic E-state index is 13.1. The van der Waals surface area contributed by atoms with E-state index in [0.717, 1.165) is 0 Å². The van der Waals surface area contributed by atoms with E-state index in [2.05, 4.69) is 5.32 Å². The quantitative estimate of drug-likeness (QED) is 0.688. The molecule has 0 saturated carbocycles. The van der Waals surface area contributed by atoms with Crippen LogP contribution in [-0.4, -0.2) is 38.3 Å². The Balaban J connectivity index is 2.03. The maximum atomic E-state index is 13.1. The summed E-state index contributed by atoms with van der Waals surface area (Å²) < 4.78 is 45.4. The van der Waals surface area contributed by atoms with E-state index in [4.69, 9.17) is 4.74 Å². The largest absolute Gasteiger partial charge is 0.493 e. The number of carbonyl (C=O) groups excluding carboxylic acids is 1. The molecule has 1 N–H and O–H groups in total. The number of nitrogens with zero attached hydrogens (tertiary/aromatic N) is 1. The van der Waals surface area contributed by atoms with E-state index < -0.39 is 15.8 Å². The lowest BCUT2D eigenvalue weighted by Gasteiger charge is -2.20. The highest BCUT2D eigenvalue weighted by Crippen LogP contribution is 2.23. The fraction of sp³-hybridized carbons (Fsp3) is 0.350. The molecule has 0 aliphatic rings. The van der Waals surface area contributed by atoms with Crippen LogP contribution < -0.4 is 10.1 Å². The first-order chi connectivity index (χ1) is 13.3. The van der Waals surface area contributed by atoms with E-state index in [9.17, 15) is 17.6 Å². The fourth-order valence-electron chi connectivity index (χ4n) is 2.70. The molecule has 2 aromatic rings. The minimum atomic E-state index is -3.63. The van der Waals surface area contributed by atoms with Gasteiger partial charge in [-0.15, -0.1) is 0 Å². The number of hydrogen-bond acceptors (Lipinski definition) is 4. The van der Waals surface area contributed by atoms with Crippen molar-refractivity contribution >= 4 is 21.6 Å². The highest BCUT2D eigenvalue weighted by Gasteiger charge is 2.24. The summed E-state index contributed by atoms with van der Waals surface area (Å²) in [5.74, 6) is -0.397. The second kappa shape index (κ2) is 9.66. The van der Waals surface area contributed by atoms with Crippen LogP contribution in [0.5, 0.6) is 5.75 Å². The summed E-state index contributed by atoms with van der Waals surface area (Å²) in [5.41, 5.74) is 1.01. The minimum Gasteiger partial charge on any atom is -0.493 e. The van der Waals surface area contributed by atoms with E-state index in [1.165, 1.54) is 28.6 Å². The van der Waals surface area contributed by atoms with Gasteiger partial charge in [0.05, 0.1) is 17.9 Å². The summed E-state index contributed by atoms with van der Waals surface area (Å²) in [4.78, 5) is 12.3. The summed E-state index contributed by atoms with van der Waals surface area (Å²) in [6.07, 6.45) is 0.0442. The molecular formula is C20H25FN2O4S. The van der Waals surface area contributed by atoms with Gasteiger partial charge in [-0.2, -0.15) is 4.31 Å². The summed E-state index contributed by atoms with van der Waals surface area (Å²) >= 11 is 0. The third-order valence-electron chi connectivity index (χ3n) is 4.19. The average molecular weight is 408 g/mol. The molecule has 28 heavy (non-hydrogen) atoms. The van der Waals surface area contributed by atoms with Crippen molar-refractivity contribution in [2.75, 3.05) is 25.0 Å². The minimum absolute atomic E-state index is 0.0442. The third-order valence-corrected chi connectivity index (χ3v) is 6.38. The molecule has 0 bridgehead atoms. The molecule has 2 aromatic carbocycles. The van der Waals surface area contributed by atoms with Crippen LogP contribution in [0.4, 0.5) is 10.1 Å². The Morgan fingerprint density at radius 2 is 1.86 bits per heavy atom. The van der Waals surface area contributed by atoms with Crippen LogP contribution in [0.25, 0.3) is 0 Å². The van der Waals surface area contributed by atoms with Crippen molar-refractivity contribution < 1.29 is 22.3 Å². The number of aryl methyl sites for hydroxylation is 1. The van der Waals surface area contributed by atoms with Gasteiger partial charge in [-0.3, -0.25) is 4.79 Å². The second-order valence-corrected chi connectivity index (χ2v) is 8.08. The molecule has 152 valence electrons. The van der Waals surface area contributed by atoms with Crippen LogP contribution in [-0.2, 0) is 14.8 Å². The monoisotopic (exact) mass is 408 g/mol. The van der Waals surface area contributed by atoms with Gasteiger partial charge >= 0.3 is 0 Å². The number of hydrogen-bond donors (Lipinski definition) is 1. The maximum Gasteiger partial charge on any atom is 0.243 e. The first kappa shape index (κ1) is 21.8. The van der Waals surface area contributed by atoms with Gasteiger partial charge < -0.3 is 10.1 Å². The van der Waals surface area contributed by atoms with Crippen molar-refractivity contribution in [3.63, 3.8) is 0 Å². The number of benzene rings is 2. The van der Waals surface area contributed by atoms with Crippen LogP contribution in [0.3, 0.4) is 0 Å². The summed E-state index contributed by atoms with van der Waals surface area (Å²) in [6, 6.07) is 10.5. The second-order valence-electron chi connectivity index (χ2n) is 6.17. The summed E-state index contributed by atoms with van der Waals surface area (Å²) in [6.45, 7) is 6.08. The SMILES string of the molecule is CCN(CC)S(=O)(=O)c1cc(NC(=O)CCOc2cccc(F)c2)ccc1C. The lowest BCUT2D eigenvalue weighted by atomic mass is 10.2. The number of halogens is 1. The van der Waals surface area contributed by atoms with Crippen molar-refractivity contribution in [1.29, 1.82) is 0 Å². The topological polar surface area (TPSA) is 75.7 Å². The van der Waals surface area contributed by atoms with E-state index in [1.807, 2.05) is 0 Å². The van der Waals surface area contributed by atoms with Crippen molar-refractivity contribution in [2.24, 2.45) is 0 Å². The third kappa shape index (κ3) is 5.53. The van der Waals surface area contributed by atoms with Gasteiger partial charge in [0.1, 0.15) is 11.6 Å². The van der Waals surface area contributed by atoms with E-state index >= 15 is 0 Å². The van der Waals surface area contributed by atoms with Crippen molar-refractivity contribution in [1.82, 2.24) is 4.31 Å². The first-order valence-electron chi connectivity index (χ1n) is 9.07. The van der Waals surface area contributed by atoms with Crippen LogP contribution >= 0.6 is 0 Å². The smallest absolute Gasteiger partial charge is 0.243 e. The van der Waals surface area contributed by atoms with Crippen molar-refractivity contribution in [3.8, 4) is 5.75 Å². The van der Waals surface area contributed by atoms with Gasteiger partial charge in [-0.25, -0.2) is 12.8 Å². The Labute approximate surface area is 165 Å². The molecule has 6 nitrogen and oxygen atoms in total. The molecule has 0 unspecified atom stereocenters. The molecule has 0 aliphatic heterocycles. The van der Waals surface area contributed by atoms with Gasteiger partial charge in [0, 0.05) is 24.8 Å².